The fraction of sp³-hybridized carbons (Fsp3) is 0.414. The number of fused-ring (bicyclic) bond motifs is 1. The van der Waals surface area contributed by atoms with Crippen LogP contribution in [-0.4, -0.2) is 40.4 Å². The third kappa shape index (κ3) is 5.90. The molecule has 0 aliphatic carbocycles. The van der Waals surface area contributed by atoms with Crippen LogP contribution in [0.3, 0.4) is 0 Å². The molecule has 1 N–H and O–H groups in total. The van der Waals surface area contributed by atoms with E-state index in [2.05, 4.69) is 26.1 Å². The number of hydrogen-bond acceptors (Lipinski definition) is 4. The van der Waals surface area contributed by atoms with Crippen molar-refractivity contribution in [2.75, 3.05) is 23.7 Å². The van der Waals surface area contributed by atoms with Crippen LogP contribution in [0.25, 0.3) is 5.69 Å². The summed E-state index contributed by atoms with van der Waals surface area (Å²) in [5.41, 5.74) is 3.90. The molecule has 4 rings (SSSR count). The highest BCUT2D eigenvalue weighted by molar-refractivity contribution is 8.00. The summed E-state index contributed by atoms with van der Waals surface area (Å²) >= 11 is 1.44. The van der Waals surface area contributed by atoms with Gasteiger partial charge in [-0.1, -0.05) is 58.9 Å². The van der Waals surface area contributed by atoms with E-state index >= 15 is 0 Å². The third-order valence-corrected chi connectivity index (χ3v) is 7.46. The van der Waals surface area contributed by atoms with E-state index in [0.717, 1.165) is 28.1 Å². The van der Waals surface area contributed by atoms with Crippen molar-refractivity contribution >= 4 is 29.4 Å². The maximum Gasteiger partial charge on any atom is 0.240 e. The van der Waals surface area contributed by atoms with Crippen molar-refractivity contribution in [3.05, 3.63) is 76.7 Å². The standard InChI is InChI=1S/C29H35FN4O2S/c1-18(2)15-31-23(35)16-33-24(36)17-37-26(20-10-8-11-21(30)14-20)25-27(29(4,5)6)32-34(28(25)33)22-12-7-9-19(3)13-22/h7-14,18,26H,15-17H2,1-6H3,(H,31,35)/t26-/m1/s1. The second-order valence-corrected chi connectivity index (χ2v) is 12.1. The van der Waals surface area contributed by atoms with Crippen LogP contribution >= 0.6 is 11.8 Å². The van der Waals surface area contributed by atoms with Gasteiger partial charge in [-0.3, -0.25) is 14.5 Å². The summed E-state index contributed by atoms with van der Waals surface area (Å²) in [5, 5.41) is 7.67. The summed E-state index contributed by atoms with van der Waals surface area (Å²) < 4.78 is 16.2. The van der Waals surface area contributed by atoms with Gasteiger partial charge < -0.3 is 5.32 Å². The number of benzene rings is 2. The van der Waals surface area contributed by atoms with E-state index in [0.29, 0.717) is 12.4 Å². The first-order valence-corrected chi connectivity index (χ1v) is 13.6. The van der Waals surface area contributed by atoms with E-state index in [1.165, 1.54) is 23.9 Å². The lowest BCUT2D eigenvalue weighted by atomic mass is 9.87. The number of nitrogens with one attached hydrogen (secondary N) is 1. The molecule has 37 heavy (non-hydrogen) atoms. The van der Waals surface area contributed by atoms with Crippen LogP contribution < -0.4 is 10.2 Å². The maximum atomic E-state index is 14.4. The molecule has 2 aromatic carbocycles. The molecule has 1 aromatic heterocycles. The van der Waals surface area contributed by atoms with Gasteiger partial charge in [0.2, 0.25) is 11.8 Å². The number of rotatable bonds is 6. The normalized spacial score (nSPS) is 16.1. The lowest BCUT2D eigenvalue weighted by Gasteiger charge is -2.24. The number of thioether (sulfide) groups is 1. The van der Waals surface area contributed by atoms with Gasteiger partial charge in [0.05, 0.1) is 22.4 Å². The van der Waals surface area contributed by atoms with Gasteiger partial charge in [0.15, 0.2) is 0 Å². The lowest BCUT2D eigenvalue weighted by Crippen LogP contribution is -2.43. The number of halogens is 1. The molecule has 0 bridgehead atoms. The average Bonchev–Trinajstić information content (AvgIpc) is 3.16. The maximum absolute atomic E-state index is 14.4. The molecule has 2 amide bonds. The molecule has 8 heteroatoms. The lowest BCUT2D eigenvalue weighted by molar-refractivity contribution is -0.123. The number of aromatic nitrogens is 2. The first-order chi connectivity index (χ1) is 17.5. The molecular formula is C29H35FN4O2S. The van der Waals surface area contributed by atoms with Gasteiger partial charge in [0, 0.05) is 17.5 Å². The first-order valence-electron chi connectivity index (χ1n) is 12.6. The first kappa shape index (κ1) is 26.9. The zero-order valence-electron chi connectivity index (χ0n) is 22.3. The minimum absolute atomic E-state index is 0.115. The highest BCUT2D eigenvalue weighted by atomic mass is 32.2. The minimum atomic E-state index is -0.371. The number of amides is 2. The van der Waals surface area contributed by atoms with E-state index in [4.69, 9.17) is 5.10 Å². The Morgan fingerprint density at radius 1 is 1.19 bits per heavy atom. The van der Waals surface area contributed by atoms with E-state index in [1.807, 2.05) is 51.1 Å². The van der Waals surface area contributed by atoms with Crippen molar-refractivity contribution < 1.29 is 14.0 Å². The molecule has 0 fully saturated rings. The van der Waals surface area contributed by atoms with E-state index in [9.17, 15) is 14.0 Å². The molecule has 6 nitrogen and oxygen atoms in total. The fourth-order valence-corrected chi connectivity index (χ4v) is 5.65. The Morgan fingerprint density at radius 3 is 2.57 bits per heavy atom. The summed E-state index contributed by atoms with van der Waals surface area (Å²) in [6, 6.07) is 14.4. The van der Waals surface area contributed by atoms with Gasteiger partial charge in [-0.05, 0) is 48.2 Å². The second-order valence-electron chi connectivity index (χ2n) is 11.0. The predicted molar refractivity (Wildman–Crippen MR) is 148 cm³/mol. The zero-order valence-corrected chi connectivity index (χ0v) is 23.2. The number of carbonyl (C=O) groups excluding carboxylic acids is 2. The summed E-state index contributed by atoms with van der Waals surface area (Å²) in [7, 11) is 0. The number of hydrogen-bond donors (Lipinski definition) is 1. The monoisotopic (exact) mass is 522 g/mol. The Hall–Kier alpha value is -3.13. The molecule has 0 spiro atoms. The summed E-state index contributed by atoms with van der Waals surface area (Å²) in [6.07, 6.45) is 0. The Bertz CT molecular complexity index is 1310. The molecular weight excluding hydrogens is 487 g/mol. The van der Waals surface area contributed by atoms with Crippen molar-refractivity contribution in [3.8, 4) is 5.69 Å². The van der Waals surface area contributed by atoms with Crippen molar-refractivity contribution in [2.45, 2.75) is 52.2 Å². The highest BCUT2D eigenvalue weighted by Gasteiger charge is 2.40. The largest absolute Gasteiger partial charge is 0.354 e. The highest BCUT2D eigenvalue weighted by Crippen LogP contribution is 2.48. The summed E-state index contributed by atoms with van der Waals surface area (Å²) in [5.74, 6) is 0.279. The van der Waals surface area contributed by atoms with Crippen LogP contribution in [0.1, 0.15) is 62.3 Å². The van der Waals surface area contributed by atoms with Crippen LogP contribution in [-0.2, 0) is 15.0 Å². The van der Waals surface area contributed by atoms with Crippen molar-refractivity contribution in [2.24, 2.45) is 5.92 Å². The molecule has 1 aliphatic heterocycles. The zero-order chi connectivity index (χ0) is 26.9. The smallest absolute Gasteiger partial charge is 0.240 e. The molecule has 1 aliphatic rings. The van der Waals surface area contributed by atoms with Crippen molar-refractivity contribution in [1.29, 1.82) is 0 Å². The number of anilines is 1. The topological polar surface area (TPSA) is 67.2 Å². The molecule has 3 aromatic rings. The fourth-order valence-electron chi connectivity index (χ4n) is 4.46. The van der Waals surface area contributed by atoms with Crippen LogP contribution in [0.5, 0.6) is 0 Å². The van der Waals surface area contributed by atoms with E-state index in [-0.39, 0.29) is 46.5 Å². The molecule has 0 radical (unpaired) electrons. The molecule has 0 saturated heterocycles. The van der Waals surface area contributed by atoms with Crippen LogP contribution in [0.15, 0.2) is 48.5 Å². The number of carbonyl (C=O) groups is 2. The SMILES string of the molecule is Cc1cccc(-n2nc(C(C)(C)C)c3c2N(CC(=O)NCC(C)C)C(=O)CS[C@@H]3c2cccc(F)c2)c1. The van der Waals surface area contributed by atoms with Crippen LogP contribution in [0.2, 0.25) is 0 Å². The van der Waals surface area contributed by atoms with Gasteiger partial charge in [-0.15, -0.1) is 11.8 Å². The predicted octanol–water partition coefficient (Wildman–Crippen LogP) is 5.56. The second kappa shape index (κ2) is 10.7. The van der Waals surface area contributed by atoms with Crippen LogP contribution in [0, 0.1) is 18.7 Å². The molecule has 2 heterocycles. The molecule has 0 saturated carbocycles. The molecule has 0 unspecified atom stereocenters. The summed E-state index contributed by atoms with van der Waals surface area (Å²) in [6.45, 7) is 12.7. The van der Waals surface area contributed by atoms with Crippen molar-refractivity contribution in [3.63, 3.8) is 0 Å². The third-order valence-electron chi connectivity index (χ3n) is 6.21. The van der Waals surface area contributed by atoms with Gasteiger partial charge in [0.1, 0.15) is 18.2 Å². The van der Waals surface area contributed by atoms with Crippen molar-refractivity contribution in [1.82, 2.24) is 15.1 Å². The van der Waals surface area contributed by atoms with E-state index in [1.54, 1.807) is 15.6 Å². The number of nitrogens with zero attached hydrogens (tertiary/aromatic N) is 3. The average molecular weight is 523 g/mol. The summed E-state index contributed by atoms with van der Waals surface area (Å²) in [4.78, 5) is 28.2. The Kier molecular flexibility index (Phi) is 7.78. The van der Waals surface area contributed by atoms with Gasteiger partial charge >= 0.3 is 0 Å². The quantitative estimate of drug-likeness (QED) is 0.460. The van der Waals surface area contributed by atoms with Gasteiger partial charge in [0.25, 0.3) is 0 Å². The van der Waals surface area contributed by atoms with Crippen LogP contribution in [0.4, 0.5) is 10.2 Å². The molecule has 196 valence electrons. The number of aryl methyl sites for hydroxylation is 1. The van der Waals surface area contributed by atoms with Gasteiger partial charge in [-0.2, -0.15) is 5.10 Å². The van der Waals surface area contributed by atoms with Gasteiger partial charge in [-0.25, -0.2) is 9.07 Å². The Morgan fingerprint density at radius 2 is 1.92 bits per heavy atom. The Labute approximate surface area is 222 Å². The minimum Gasteiger partial charge on any atom is -0.354 e. The molecule has 1 atom stereocenters. The Balaban J connectivity index is 1.98. The van der Waals surface area contributed by atoms with E-state index < -0.39 is 0 Å².